The van der Waals surface area contributed by atoms with Crippen LogP contribution >= 0.6 is 11.6 Å². The number of ether oxygens (including phenoxy) is 1. The maximum Gasteiger partial charge on any atom is 0.422 e. The number of carbonyl (C=O) groups excluding carboxylic acids is 1. The summed E-state index contributed by atoms with van der Waals surface area (Å²) >= 11 is 5.83. The van der Waals surface area contributed by atoms with Crippen molar-refractivity contribution in [2.24, 2.45) is 0 Å². The molecule has 2 N–H and O–H groups in total. The van der Waals surface area contributed by atoms with Crippen molar-refractivity contribution >= 4 is 33.0 Å². The molecule has 0 aliphatic carbocycles. The van der Waals surface area contributed by atoms with E-state index in [1.165, 1.54) is 18.2 Å². The number of benzene rings is 1. The zero-order chi connectivity index (χ0) is 19.6. The molecule has 6 nitrogen and oxygen atoms in total. The van der Waals surface area contributed by atoms with Crippen molar-refractivity contribution in [1.82, 2.24) is 5.32 Å². The Kier molecular flexibility index (Phi) is 5.96. The van der Waals surface area contributed by atoms with Gasteiger partial charge in [0.2, 0.25) is 5.91 Å². The highest BCUT2D eigenvalue weighted by molar-refractivity contribution is 7.91. The first-order valence-electron chi connectivity index (χ1n) is 7.62. The molecule has 0 bridgehead atoms. The molecule has 0 spiro atoms. The molecular formula is C15H18ClF3N2O4S. The molecule has 146 valence electrons. The molecule has 1 aromatic carbocycles. The van der Waals surface area contributed by atoms with Crippen LogP contribution in [0.5, 0.6) is 5.75 Å². The first-order chi connectivity index (χ1) is 11.9. The van der Waals surface area contributed by atoms with Crippen molar-refractivity contribution in [2.75, 3.05) is 30.0 Å². The zero-order valence-corrected chi connectivity index (χ0v) is 15.4. The number of carbonyl (C=O) groups is 1. The molecule has 1 aliphatic heterocycles. The predicted octanol–water partition coefficient (Wildman–Crippen LogP) is 2.39. The number of sulfone groups is 1. The van der Waals surface area contributed by atoms with Gasteiger partial charge in [-0.25, -0.2) is 8.42 Å². The van der Waals surface area contributed by atoms with Crippen molar-refractivity contribution < 1.29 is 31.1 Å². The van der Waals surface area contributed by atoms with Crippen LogP contribution in [0.3, 0.4) is 0 Å². The Hall–Kier alpha value is -1.68. The monoisotopic (exact) mass is 414 g/mol. The molecule has 26 heavy (non-hydrogen) atoms. The van der Waals surface area contributed by atoms with Crippen LogP contribution in [0.15, 0.2) is 18.2 Å². The highest BCUT2D eigenvalue weighted by Crippen LogP contribution is 2.29. The van der Waals surface area contributed by atoms with Crippen molar-refractivity contribution in [3.05, 3.63) is 23.2 Å². The summed E-state index contributed by atoms with van der Waals surface area (Å²) in [4.78, 5) is 12.1. The van der Waals surface area contributed by atoms with Crippen LogP contribution in [-0.4, -0.2) is 50.7 Å². The minimum absolute atomic E-state index is 0.000925. The molecule has 0 radical (unpaired) electrons. The number of hydrogen-bond donors (Lipinski definition) is 2. The fraction of sp³-hybridized carbons (Fsp3) is 0.533. The van der Waals surface area contributed by atoms with Gasteiger partial charge in [0.15, 0.2) is 16.4 Å². The van der Waals surface area contributed by atoms with E-state index in [0.29, 0.717) is 6.42 Å². The van der Waals surface area contributed by atoms with E-state index in [9.17, 15) is 26.4 Å². The molecule has 2 rings (SSSR count). The highest BCUT2D eigenvalue weighted by Gasteiger charge is 2.39. The molecular weight excluding hydrogens is 397 g/mol. The van der Waals surface area contributed by atoms with Crippen molar-refractivity contribution in [3.63, 3.8) is 0 Å². The van der Waals surface area contributed by atoms with Gasteiger partial charge < -0.3 is 15.4 Å². The predicted molar refractivity (Wildman–Crippen MR) is 91.3 cm³/mol. The van der Waals surface area contributed by atoms with Crippen LogP contribution in [-0.2, 0) is 14.6 Å². The zero-order valence-electron chi connectivity index (χ0n) is 13.8. The lowest BCUT2D eigenvalue weighted by Crippen LogP contribution is -2.48. The summed E-state index contributed by atoms with van der Waals surface area (Å²) < 4.78 is 64.8. The van der Waals surface area contributed by atoms with Crippen LogP contribution in [0.1, 0.15) is 13.3 Å². The molecule has 1 amide bonds. The maximum absolute atomic E-state index is 12.3. The molecule has 1 saturated heterocycles. The summed E-state index contributed by atoms with van der Waals surface area (Å²) in [6, 6.07) is 3.96. The van der Waals surface area contributed by atoms with Gasteiger partial charge >= 0.3 is 6.18 Å². The summed E-state index contributed by atoms with van der Waals surface area (Å²) in [6.45, 7) is -0.128. The number of hydrogen-bond acceptors (Lipinski definition) is 5. The average molecular weight is 415 g/mol. The smallest absolute Gasteiger partial charge is 0.422 e. The number of alkyl halides is 3. The van der Waals surface area contributed by atoms with E-state index in [4.69, 9.17) is 16.3 Å². The number of rotatable bonds is 6. The highest BCUT2D eigenvalue weighted by atomic mass is 35.5. The van der Waals surface area contributed by atoms with Gasteiger partial charge in [0.05, 0.1) is 29.3 Å². The van der Waals surface area contributed by atoms with Gasteiger partial charge in [-0.2, -0.15) is 13.2 Å². The normalized spacial score (nSPS) is 22.0. The fourth-order valence-electron chi connectivity index (χ4n) is 2.59. The van der Waals surface area contributed by atoms with Gasteiger partial charge in [0, 0.05) is 5.02 Å². The summed E-state index contributed by atoms with van der Waals surface area (Å²) in [5, 5.41) is 5.55. The van der Waals surface area contributed by atoms with Gasteiger partial charge in [-0.3, -0.25) is 4.79 Å². The number of amides is 1. The minimum atomic E-state index is -4.50. The van der Waals surface area contributed by atoms with Gasteiger partial charge in [-0.1, -0.05) is 11.6 Å². The Balaban J connectivity index is 1.98. The second kappa shape index (κ2) is 7.51. The number of nitrogens with one attached hydrogen (secondary N) is 2. The van der Waals surface area contributed by atoms with E-state index in [1.807, 2.05) is 0 Å². The Bertz CT molecular complexity index is 786. The van der Waals surface area contributed by atoms with Gasteiger partial charge in [-0.05, 0) is 31.5 Å². The van der Waals surface area contributed by atoms with E-state index in [-0.39, 0.29) is 34.5 Å². The fourth-order valence-corrected chi connectivity index (χ4v) is 4.86. The van der Waals surface area contributed by atoms with Crippen LogP contribution in [0, 0.1) is 0 Å². The first-order valence-corrected chi connectivity index (χ1v) is 9.82. The molecule has 1 heterocycles. The largest absolute Gasteiger partial charge is 0.482 e. The maximum atomic E-state index is 12.3. The molecule has 1 aromatic rings. The average Bonchev–Trinajstić information content (AvgIpc) is 2.76. The van der Waals surface area contributed by atoms with Crippen LogP contribution in [0.25, 0.3) is 0 Å². The quantitative estimate of drug-likeness (QED) is 0.746. The lowest BCUT2D eigenvalue weighted by molar-refractivity contribution is -0.153. The van der Waals surface area contributed by atoms with Gasteiger partial charge in [-0.15, -0.1) is 0 Å². The minimum Gasteiger partial charge on any atom is -0.482 e. The van der Waals surface area contributed by atoms with Gasteiger partial charge in [0.1, 0.15) is 5.75 Å². The number of anilines is 1. The molecule has 11 heteroatoms. The Labute approximate surface area is 154 Å². The lowest BCUT2D eigenvalue weighted by atomic mass is 10.0. The SMILES string of the molecule is CC1(NC(=O)CNc2cc(Cl)ccc2OCC(F)(F)F)CCS(=O)(=O)C1. The second-order valence-electron chi connectivity index (χ2n) is 6.35. The third-order valence-electron chi connectivity index (χ3n) is 3.72. The summed E-state index contributed by atoms with van der Waals surface area (Å²) in [7, 11) is -3.18. The molecule has 1 fully saturated rings. The Morgan fingerprint density at radius 3 is 2.65 bits per heavy atom. The molecule has 0 aromatic heterocycles. The standard InChI is InChI=1S/C15H18ClF3N2O4S/c1-14(4-5-26(23,24)9-14)21-13(22)7-20-11-6-10(16)2-3-12(11)25-8-15(17,18)19/h2-3,6,20H,4-5,7-9H2,1H3,(H,21,22). The van der Waals surface area contributed by atoms with E-state index in [0.717, 1.165) is 0 Å². The van der Waals surface area contributed by atoms with Crippen molar-refractivity contribution in [1.29, 1.82) is 0 Å². The Morgan fingerprint density at radius 1 is 1.38 bits per heavy atom. The second-order valence-corrected chi connectivity index (χ2v) is 8.97. The molecule has 1 atom stereocenters. The van der Waals surface area contributed by atoms with Crippen molar-refractivity contribution in [3.8, 4) is 5.75 Å². The molecule has 1 aliphatic rings. The molecule has 0 saturated carbocycles. The van der Waals surface area contributed by atoms with E-state index in [2.05, 4.69) is 10.6 Å². The number of halogens is 4. The van der Waals surface area contributed by atoms with E-state index < -0.39 is 34.1 Å². The van der Waals surface area contributed by atoms with Crippen LogP contribution in [0.2, 0.25) is 5.02 Å². The van der Waals surface area contributed by atoms with Crippen LogP contribution < -0.4 is 15.4 Å². The van der Waals surface area contributed by atoms with Crippen LogP contribution in [0.4, 0.5) is 18.9 Å². The third-order valence-corrected chi connectivity index (χ3v) is 5.86. The summed E-state index contributed by atoms with van der Waals surface area (Å²) in [6.07, 6.45) is -4.20. The van der Waals surface area contributed by atoms with Gasteiger partial charge in [0.25, 0.3) is 0 Å². The Morgan fingerprint density at radius 2 is 2.08 bits per heavy atom. The van der Waals surface area contributed by atoms with E-state index >= 15 is 0 Å². The third kappa shape index (κ3) is 6.24. The summed E-state index contributed by atoms with van der Waals surface area (Å²) in [5.74, 6) is -0.746. The van der Waals surface area contributed by atoms with Crippen molar-refractivity contribution in [2.45, 2.75) is 25.1 Å². The first kappa shape index (κ1) is 20.6. The summed E-state index contributed by atoms with van der Waals surface area (Å²) in [5.41, 5.74) is -0.734. The lowest BCUT2D eigenvalue weighted by Gasteiger charge is -2.24. The van der Waals surface area contributed by atoms with E-state index in [1.54, 1.807) is 6.92 Å². The molecule has 1 unspecified atom stereocenters. The topological polar surface area (TPSA) is 84.5 Å².